The van der Waals surface area contributed by atoms with Crippen molar-refractivity contribution in [2.75, 3.05) is 0 Å². The molecule has 0 N–H and O–H groups in total. The van der Waals surface area contributed by atoms with E-state index in [9.17, 15) is 0 Å². The summed E-state index contributed by atoms with van der Waals surface area (Å²) >= 11 is 0. The number of nitriles is 1. The molecule has 0 bridgehead atoms. The Balaban J connectivity index is 4.78. The van der Waals surface area contributed by atoms with Crippen LogP contribution in [0.3, 0.4) is 0 Å². The minimum atomic E-state index is 0.163. The van der Waals surface area contributed by atoms with Crippen LogP contribution in [0.25, 0.3) is 0 Å². The molecule has 0 atom stereocenters. The molecule has 0 aromatic carbocycles. The molecule has 0 fully saturated rings. The van der Waals surface area contributed by atoms with Crippen LogP contribution in [-0.4, -0.2) is 0 Å². The second-order valence-electron chi connectivity index (χ2n) is 4.12. The van der Waals surface area contributed by atoms with Crippen LogP contribution >= 0.6 is 0 Å². The molecule has 0 aliphatic heterocycles. The first-order valence-electron chi connectivity index (χ1n) is 4.18. The van der Waals surface area contributed by atoms with Crippen LogP contribution in [0, 0.1) is 16.7 Å². The van der Waals surface area contributed by atoms with Crippen molar-refractivity contribution in [3.63, 3.8) is 0 Å². The topological polar surface area (TPSA) is 23.8 Å². The van der Waals surface area contributed by atoms with Gasteiger partial charge in [0.25, 0.3) is 0 Å². The van der Waals surface area contributed by atoms with E-state index in [0.29, 0.717) is 6.42 Å². The van der Waals surface area contributed by atoms with Gasteiger partial charge in [-0.25, -0.2) is 0 Å². The first kappa shape index (κ1) is 11.0. The average molecular weight is 163 g/mol. The standard InChI is InChI=1S/C11H17N/c1-9(6-7-12)8-10(2)11(3,4)5/h6H2,1-5H3. The summed E-state index contributed by atoms with van der Waals surface area (Å²) in [5, 5.41) is 8.43. The molecular formula is C11H17N. The largest absolute Gasteiger partial charge is 0.198 e. The average Bonchev–Trinajstić information content (AvgIpc) is 1.85. The lowest BCUT2D eigenvalue weighted by Crippen LogP contribution is -2.05. The third kappa shape index (κ3) is 4.01. The Hall–Kier alpha value is -0.990. The maximum atomic E-state index is 8.43. The van der Waals surface area contributed by atoms with Crippen molar-refractivity contribution >= 4 is 0 Å². The Kier molecular flexibility index (Phi) is 3.80. The third-order valence-electron chi connectivity index (χ3n) is 1.87. The van der Waals surface area contributed by atoms with Crippen LogP contribution in [0.15, 0.2) is 16.9 Å². The Bertz CT molecular complexity index is 252. The van der Waals surface area contributed by atoms with Gasteiger partial charge >= 0.3 is 0 Å². The van der Waals surface area contributed by atoms with E-state index in [1.807, 2.05) is 6.92 Å². The van der Waals surface area contributed by atoms with Gasteiger partial charge in [-0.1, -0.05) is 20.8 Å². The van der Waals surface area contributed by atoms with E-state index >= 15 is 0 Å². The summed E-state index contributed by atoms with van der Waals surface area (Å²) in [7, 11) is 0. The van der Waals surface area contributed by atoms with Crippen molar-refractivity contribution in [3.8, 4) is 6.07 Å². The Morgan fingerprint density at radius 3 is 2.08 bits per heavy atom. The molecule has 1 heteroatoms. The number of allylic oxidation sites excluding steroid dienone is 1. The van der Waals surface area contributed by atoms with E-state index in [2.05, 4.69) is 39.5 Å². The smallest absolute Gasteiger partial charge is 0.0672 e. The molecule has 0 heterocycles. The number of rotatable bonds is 1. The Morgan fingerprint density at radius 1 is 1.25 bits per heavy atom. The zero-order valence-corrected chi connectivity index (χ0v) is 8.65. The van der Waals surface area contributed by atoms with E-state index < -0.39 is 0 Å². The molecule has 12 heavy (non-hydrogen) atoms. The van der Waals surface area contributed by atoms with Crippen LogP contribution in [0.5, 0.6) is 0 Å². The highest BCUT2D eigenvalue weighted by Crippen LogP contribution is 2.23. The minimum Gasteiger partial charge on any atom is -0.198 e. The molecule has 0 aliphatic rings. The van der Waals surface area contributed by atoms with Gasteiger partial charge in [0.15, 0.2) is 0 Å². The van der Waals surface area contributed by atoms with Crippen molar-refractivity contribution in [3.05, 3.63) is 16.9 Å². The molecule has 0 aliphatic carbocycles. The van der Waals surface area contributed by atoms with Crippen LogP contribution < -0.4 is 0 Å². The summed E-state index contributed by atoms with van der Waals surface area (Å²) in [5.74, 6) is 0. The lowest BCUT2D eigenvalue weighted by Gasteiger charge is -2.17. The number of hydrogen-bond donors (Lipinski definition) is 0. The molecule has 0 unspecified atom stereocenters. The monoisotopic (exact) mass is 163 g/mol. The fraction of sp³-hybridized carbons (Fsp3) is 0.636. The number of hydrogen-bond acceptors (Lipinski definition) is 1. The Labute approximate surface area is 75.4 Å². The second-order valence-corrected chi connectivity index (χ2v) is 4.12. The van der Waals surface area contributed by atoms with Gasteiger partial charge in [-0.2, -0.15) is 5.26 Å². The van der Waals surface area contributed by atoms with Gasteiger partial charge in [-0.15, -0.1) is 5.73 Å². The molecule has 0 aromatic heterocycles. The summed E-state index contributed by atoms with van der Waals surface area (Å²) < 4.78 is 0. The summed E-state index contributed by atoms with van der Waals surface area (Å²) in [6, 6.07) is 2.11. The van der Waals surface area contributed by atoms with Crippen molar-refractivity contribution in [1.82, 2.24) is 0 Å². The third-order valence-corrected chi connectivity index (χ3v) is 1.87. The quantitative estimate of drug-likeness (QED) is 0.543. The second kappa shape index (κ2) is 4.14. The van der Waals surface area contributed by atoms with Gasteiger partial charge < -0.3 is 0 Å². The lowest BCUT2D eigenvalue weighted by molar-refractivity contribution is 0.504. The zero-order chi connectivity index (χ0) is 9.78. The predicted octanol–water partition coefficient (Wildman–Crippen LogP) is 3.44. The number of nitrogens with zero attached hydrogens (tertiary/aromatic N) is 1. The van der Waals surface area contributed by atoms with E-state index in [4.69, 9.17) is 5.26 Å². The SMILES string of the molecule is CC(=C=C(C)C(C)(C)C)CC#N. The van der Waals surface area contributed by atoms with Crippen molar-refractivity contribution in [2.45, 2.75) is 41.0 Å². The molecule has 0 spiro atoms. The molecule has 66 valence electrons. The molecule has 0 amide bonds. The summed E-state index contributed by atoms with van der Waals surface area (Å²) in [6.45, 7) is 10.4. The van der Waals surface area contributed by atoms with Gasteiger partial charge in [0, 0.05) is 0 Å². The van der Waals surface area contributed by atoms with Crippen molar-refractivity contribution in [1.29, 1.82) is 5.26 Å². The van der Waals surface area contributed by atoms with Crippen LogP contribution in [0.2, 0.25) is 0 Å². The summed E-state index contributed by atoms with van der Waals surface area (Å²) in [6.07, 6.45) is 0.480. The van der Waals surface area contributed by atoms with Crippen molar-refractivity contribution < 1.29 is 0 Å². The lowest BCUT2D eigenvalue weighted by atomic mass is 9.88. The highest BCUT2D eigenvalue weighted by Gasteiger charge is 2.11. The summed E-state index contributed by atoms with van der Waals surface area (Å²) in [5.41, 5.74) is 5.62. The maximum Gasteiger partial charge on any atom is 0.0672 e. The Morgan fingerprint density at radius 2 is 1.75 bits per heavy atom. The van der Waals surface area contributed by atoms with Crippen LogP contribution in [-0.2, 0) is 0 Å². The van der Waals surface area contributed by atoms with E-state index in [-0.39, 0.29) is 5.41 Å². The van der Waals surface area contributed by atoms with Gasteiger partial charge in [-0.05, 0) is 30.4 Å². The fourth-order valence-electron chi connectivity index (χ4n) is 0.670. The molecule has 1 nitrogen and oxygen atoms in total. The van der Waals surface area contributed by atoms with Gasteiger partial charge in [0.1, 0.15) is 0 Å². The minimum absolute atomic E-state index is 0.163. The molecule has 0 rings (SSSR count). The molecular weight excluding hydrogens is 146 g/mol. The van der Waals surface area contributed by atoms with Crippen LogP contribution in [0.1, 0.15) is 41.0 Å². The van der Waals surface area contributed by atoms with Crippen molar-refractivity contribution in [2.24, 2.45) is 5.41 Å². The van der Waals surface area contributed by atoms with E-state index in [1.165, 1.54) is 5.57 Å². The molecule has 0 radical (unpaired) electrons. The molecule has 0 aromatic rings. The first-order valence-corrected chi connectivity index (χ1v) is 4.18. The first-order chi connectivity index (χ1) is 5.38. The van der Waals surface area contributed by atoms with Crippen LogP contribution in [0.4, 0.5) is 0 Å². The highest BCUT2D eigenvalue weighted by atomic mass is 14.2. The normalized spacial score (nSPS) is 10.0. The van der Waals surface area contributed by atoms with E-state index in [0.717, 1.165) is 5.57 Å². The summed E-state index contributed by atoms with van der Waals surface area (Å²) in [4.78, 5) is 0. The molecule has 0 saturated carbocycles. The predicted molar refractivity (Wildman–Crippen MR) is 51.6 cm³/mol. The maximum absolute atomic E-state index is 8.43. The zero-order valence-electron chi connectivity index (χ0n) is 8.65. The highest BCUT2D eigenvalue weighted by molar-refractivity contribution is 5.13. The fourth-order valence-corrected chi connectivity index (χ4v) is 0.670. The van der Waals surface area contributed by atoms with Gasteiger partial charge in [0.05, 0.1) is 12.5 Å². The van der Waals surface area contributed by atoms with Gasteiger partial charge in [-0.3, -0.25) is 0 Å². The molecule has 0 saturated heterocycles. The van der Waals surface area contributed by atoms with Gasteiger partial charge in [0.2, 0.25) is 0 Å². The van der Waals surface area contributed by atoms with E-state index in [1.54, 1.807) is 0 Å².